The summed E-state index contributed by atoms with van der Waals surface area (Å²) in [5.74, 6) is 0.0976. The van der Waals surface area contributed by atoms with Crippen LogP contribution in [0.3, 0.4) is 0 Å². The first-order chi connectivity index (χ1) is 12.2. The van der Waals surface area contributed by atoms with Gasteiger partial charge in [0.05, 0.1) is 11.1 Å². The van der Waals surface area contributed by atoms with Crippen LogP contribution in [0.1, 0.15) is 65.7 Å². The average Bonchev–Trinajstić information content (AvgIpc) is 2.93. The molecule has 2 fully saturated rings. The number of piperidine rings is 1. The van der Waals surface area contributed by atoms with Crippen LogP contribution >= 0.6 is 0 Å². The van der Waals surface area contributed by atoms with E-state index >= 15 is 0 Å². The van der Waals surface area contributed by atoms with Gasteiger partial charge in [-0.2, -0.15) is 0 Å². The molecule has 1 saturated carbocycles. The highest BCUT2D eigenvalue weighted by molar-refractivity contribution is 6.21. The zero-order chi connectivity index (χ0) is 17.4. The lowest BCUT2D eigenvalue weighted by Crippen LogP contribution is -2.50. The van der Waals surface area contributed by atoms with Crippen LogP contribution in [0.4, 0.5) is 0 Å². The van der Waals surface area contributed by atoms with E-state index in [2.05, 4.69) is 0 Å². The van der Waals surface area contributed by atoms with Gasteiger partial charge in [-0.1, -0.05) is 31.4 Å². The fraction of sp³-hybridized carbons (Fsp3) is 0.550. The molecule has 1 saturated heterocycles. The van der Waals surface area contributed by atoms with Crippen molar-refractivity contribution in [2.24, 2.45) is 5.92 Å². The molecular weight excluding hydrogens is 316 g/mol. The zero-order valence-electron chi connectivity index (χ0n) is 14.4. The number of fused-ring (bicyclic) bond motifs is 1. The van der Waals surface area contributed by atoms with Crippen LogP contribution in [-0.2, 0) is 4.79 Å². The van der Waals surface area contributed by atoms with E-state index in [1.54, 1.807) is 24.3 Å². The molecule has 0 spiro atoms. The topological polar surface area (TPSA) is 57.7 Å². The highest BCUT2D eigenvalue weighted by atomic mass is 16.2. The summed E-state index contributed by atoms with van der Waals surface area (Å²) in [4.78, 5) is 41.2. The minimum atomic E-state index is -0.183. The normalized spacial score (nSPS) is 22.4. The number of imide groups is 1. The minimum absolute atomic E-state index is 0.0946. The maximum Gasteiger partial charge on any atom is 0.261 e. The van der Waals surface area contributed by atoms with Gasteiger partial charge in [0, 0.05) is 25.0 Å². The van der Waals surface area contributed by atoms with E-state index in [1.165, 1.54) is 11.3 Å². The molecule has 1 aliphatic carbocycles. The molecule has 4 rings (SSSR count). The summed E-state index contributed by atoms with van der Waals surface area (Å²) < 4.78 is 0. The van der Waals surface area contributed by atoms with Gasteiger partial charge in [0.1, 0.15) is 0 Å². The Hall–Kier alpha value is -2.17. The molecule has 0 atom stereocenters. The first-order valence-corrected chi connectivity index (χ1v) is 9.42. The van der Waals surface area contributed by atoms with Crippen molar-refractivity contribution in [2.45, 2.75) is 51.0 Å². The van der Waals surface area contributed by atoms with Crippen LogP contribution in [0, 0.1) is 5.92 Å². The van der Waals surface area contributed by atoms with Gasteiger partial charge in [0.15, 0.2) is 0 Å². The summed E-state index contributed by atoms with van der Waals surface area (Å²) in [5, 5.41) is 0. The van der Waals surface area contributed by atoms with Crippen LogP contribution in [0.5, 0.6) is 0 Å². The molecular formula is C20H24N2O3. The molecule has 25 heavy (non-hydrogen) atoms. The molecule has 2 heterocycles. The average molecular weight is 340 g/mol. The molecule has 5 heteroatoms. The Morgan fingerprint density at radius 3 is 1.96 bits per heavy atom. The van der Waals surface area contributed by atoms with E-state index in [-0.39, 0.29) is 29.7 Å². The fourth-order valence-corrected chi connectivity index (χ4v) is 4.49. The van der Waals surface area contributed by atoms with Crippen LogP contribution in [-0.4, -0.2) is 46.7 Å². The molecule has 0 N–H and O–H groups in total. The summed E-state index contributed by atoms with van der Waals surface area (Å²) >= 11 is 0. The molecule has 0 unspecified atom stereocenters. The Bertz CT molecular complexity index is 666. The predicted octanol–water partition coefficient (Wildman–Crippen LogP) is 2.85. The fourth-order valence-electron chi connectivity index (χ4n) is 4.49. The first kappa shape index (κ1) is 16.3. The Morgan fingerprint density at radius 2 is 1.40 bits per heavy atom. The van der Waals surface area contributed by atoms with Gasteiger partial charge < -0.3 is 4.90 Å². The SMILES string of the molecule is O=C(C1CCCCC1)N1CCC(N2C(=O)c3ccccc3C2=O)CC1. The van der Waals surface area contributed by atoms with Crippen LogP contribution in [0.25, 0.3) is 0 Å². The molecule has 3 aliphatic rings. The Kier molecular flexibility index (Phi) is 4.32. The predicted molar refractivity (Wildman–Crippen MR) is 93.1 cm³/mol. The number of nitrogens with zero attached hydrogens (tertiary/aromatic N) is 2. The number of rotatable bonds is 2. The third-order valence-corrected chi connectivity index (χ3v) is 5.92. The molecule has 1 aromatic rings. The summed E-state index contributed by atoms with van der Waals surface area (Å²) in [5.41, 5.74) is 1.02. The molecule has 132 valence electrons. The quantitative estimate of drug-likeness (QED) is 0.778. The molecule has 2 aliphatic heterocycles. The van der Waals surface area contributed by atoms with Gasteiger partial charge in [-0.25, -0.2) is 0 Å². The maximum absolute atomic E-state index is 12.7. The number of hydrogen-bond donors (Lipinski definition) is 0. The third kappa shape index (κ3) is 2.86. The summed E-state index contributed by atoms with van der Waals surface area (Å²) in [6.07, 6.45) is 6.94. The number of hydrogen-bond acceptors (Lipinski definition) is 3. The van der Waals surface area contributed by atoms with Crippen molar-refractivity contribution in [3.8, 4) is 0 Å². The van der Waals surface area contributed by atoms with Gasteiger partial charge in [-0.3, -0.25) is 19.3 Å². The third-order valence-electron chi connectivity index (χ3n) is 5.92. The smallest absolute Gasteiger partial charge is 0.261 e. The van der Waals surface area contributed by atoms with Gasteiger partial charge in [-0.15, -0.1) is 0 Å². The number of carbonyl (C=O) groups excluding carboxylic acids is 3. The molecule has 5 nitrogen and oxygen atoms in total. The number of amides is 3. The standard InChI is InChI=1S/C20H24N2O3/c23-18(14-6-2-1-3-7-14)21-12-10-15(11-13-21)22-19(24)16-8-4-5-9-17(16)20(22)25/h4-5,8-9,14-15H,1-3,6-7,10-13H2. The van der Waals surface area contributed by atoms with Crippen molar-refractivity contribution in [1.29, 1.82) is 0 Å². The van der Waals surface area contributed by atoms with Crippen LogP contribution in [0.15, 0.2) is 24.3 Å². The molecule has 1 aromatic carbocycles. The van der Waals surface area contributed by atoms with Crippen molar-refractivity contribution < 1.29 is 14.4 Å². The largest absolute Gasteiger partial charge is 0.342 e. The number of carbonyl (C=O) groups is 3. The second-order valence-electron chi connectivity index (χ2n) is 7.42. The van der Waals surface area contributed by atoms with Crippen molar-refractivity contribution in [3.05, 3.63) is 35.4 Å². The first-order valence-electron chi connectivity index (χ1n) is 9.42. The van der Waals surface area contributed by atoms with Crippen LogP contribution < -0.4 is 0 Å². The lowest BCUT2D eigenvalue weighted by atomic mass is 9.87. The van der Waals surface area contributed by atoms with Gasteiger partial charge in [-0.05, 0) is 37.8 Å². The van der Waals surface area contributed by atoms with Crippen molar-refractivity contribution in [3.63, 3.8) is 0 Å². The summed E-state index contributed by atoms with van der Waals surface area (Å²) in [6.45, 7) is 1.29. The lowest BCUT2D eigenvalue weighted by Gasteiger charge is -2.37. The second-order valence-corrected chi connectivity index (χ2v) is 7.42. The minimum Gasteiger partial charge on any atom is -0.342 e. The molecule has 3 amide bonds. The second kappa shape index (κ2) is 6.62. The monoisotopic (exact) mass is 340 g/mol. The van der Waals surface area contributed by atoms with Gasteiger partial charge in [0.2, 0.25) is 5.91 Å². The Morgan fingerprint density at radius 1 is 0.840 bits per heavy atom. The van der Waals surface area contributed by atoms with E-state index in [9.17, 15) is 14.4 Å². The maximum atomic E-state index is 12.7. The van der Waals surface area contributed by atoms with E-state index in [1.807, 2.05) is 4.90 Å². The van der Waals surface area contributed by atoms with Crippen molar-refractivity contribution >= 4 is 17.7 Å². The molecule has 0 aromatic heterocycles. The zero-order valence-corrected chi connectivity index (χ0v) is 14.4. The van der Waals surface area contributed by atoms with E-state index in [0.717, 1.165) is 25.7 Å². The Labute approximate surface area is 148 Å². The van der Waals surface area contributed by atoms with Gasteiger partial charge in [0.25, 0.3) is 11.8 Å². The highest BCUT2D eigenvalue weighted by Gasteiger charge is 2.41. The van der Waals surface area contributed by atoms with Crippen LogP contribution in [0.2, 0.25) is 0 Å². The molecule has 0 bridgehead atoms. The summed E-state index contributed by atoms with van der Waals surface area (Å²) in [6, 6.07) is 6.93. The van der Waals surface area contributed by atoms with E-state index < -0.39 is 0 Å². The van der Waals surface area contributed by atoms with Crippen molar-refractivity contribution in [1.82, 2.24) is 9.80 Å². The van der Waals surface area contributed by atoms with E-state index in [0.29, 0.717) is 37.1 Å². The summed E-state index contributed by atoms with van der Waals surface area (Å²) in [7, 11) is 0. The lowest BCUT2D eigenvalue weighted by molar-refractivity contribution is -0.137. The highest BCUT2D eigenvalue weighted by Crippen LogP contribution is 2.30. The number of likely N-dealkylation sites (tertiary alicyclic amines) is 1. The van der Waals surface area contributed by atoms with E-state index in [4.69, 9.17) is 0 Å². The Balaban J connectivity index is 1.40. The number of benzene rings is 1. The molecule has 0 radical (unpaired) electrons. The van der Waals surface area contributed by atoms with Crippen molar-refractivity contribution in [2.75, 3.05) is 13.1 Å². The van der Waals surface area contributed by atoms with Gasteiger partial charge >= 0.3 is 0 Å².